The van der Waals surface area contributed by atoms with Gasteiger partial charge in [0.15, 0.2) is 0 Å². The smallest absolute Gasteiger partial charge is 0.133 e. The van der Waals surface area contributed by atoms with Crippen LogP contribution in [0.4, 0.5) is 0 Å². The maximum Gasteiger partial charge on any atom is 0.133 e. The van der Waals surface area contributed by atoms with Crippen LogP contribution >= 0.6 is 11.6 Å². The Kier molecular flexibility index (Phi) is 7.69. The molecule has 2 heterocycles. The first-order valence-electron chi connectivity index (χ1n) is 8.82. The number of allylic oxidation sites excluding steroid dienone is 3. The van der Waals surface area contributed by atoms with E-state index in [1.54, 1.807) is 12.1 Å². The maximum atomic E-state index is 10.1. The summed E-state index contributed by atoms with van der Waals surface area (Å²) >= 11 is 5.25. The quantitative estimate of drug-likeness (QED) is 0.534. The normalized spacial score (nSPS) is 23.7. The van der Waals surface area contributed by atoms with Crippen molar-refractivity contribution >= 4 is 11.6 Å². The van der Waals surface area contributed by atoms with E-state index in [1.165, 1.54) is 37.6 Å². The molecule has 1 aromatic heterocycles. The van der Waals surface area contributed by atoms with E-state index in [1.807, 2.05) is 0 Å². The third-order valence-electron chi connectivity index (χ3n) is 4.90. The van der Waals surface area contributed by atoms with Crippen LogP contribution in [0.25, 0.3) is 0 Å². The minimum atomic E-state index is -0.551. The number of aliphatic hydroxyl groups excluding tert-OH is 2. The molecule has 3 rings (SSSR count). The van der Waals surface area contributed by atoms with Crippen LogP contribution in [0.1, 0.15) is 31.1 Å². The van der Waals surface area contributed by atoms with Crippen molar-refractivity contribution in [1.29, 1.82) is 0 Å². The van der Waals surface area contributed by atoms with Gasteiger partial charge in [-0.15, -0.1) is 0 Å². The fraction of sp³-hybridized carbons (Fsp3) is 0.450. The third kappa shape index (κ3) is 5.87. The van der Waals surface area contributed by atoms with E-state index in [0.717, 1.165) is 24.9 Å². The van der Waals surface area contributed by atoms with Gasteiger partial charge in [0.05, 0.1) is 16.9 Å². The molecule has 1 aliphatic heterocycles. The second kappa shape index (κ2) is 9.76. The Hall–Kier alpha value is -1.82. The highest BCUT2D eigenvalue weighted by Gasteiger charge is 2.36. The van der Waals surface area contributed by atoms with E-state index in [0.29, 0.717) is 12.2 Å². The molecule has 0 radical (unpaired) electrons. The van der Waals surface area contributed by atoms with Crippen molar-refractivity contribution in [3.63, 3.8) is 0 Å². The Morgan fingerprint density at radius 3 is 2.46 bits per heavy atom. The maximum absolute atomic E-state index is 10.1. The summed E-state index contributed by atoms with van der Waals surface area (Å²) in [4.78, 5) is 6.42. The summed E-state index contributed by atoms with van der Waals surface area (Å²) in [5.41, 5.74) is 0.643. The average Bonchev–Trinajstić information content (AvgIpc) is 3.17. The number of fused-ring (bicyclic) bond motifs is 1. The van der Waals surface area contributed by atoms with Gasteiger partial charge in [-0.2, -0.15) is 0 Å². The molecule has 3 atom stereocenters. The number of aliphatic hydroxyl groups is 2. The number of halogens is 1. The molecule has 1 saturated carbocycles. The number of β-amino-alcohol motifs (C(OH)–C–C–N with tert-alkyl or cyclic N) is 1. The largest absolute Gasteiger partial charge is 0.506 e. The van der Waals surface area contributed by atoms with E-state index >= 15 is 0 Å². The lowest BCUT2D eigenvalue weighted by Gasteiger charge is -2.20. The first-order valence-corrected chi connectivity index (χ1v) is 9.20. The molecule has 6 heteroatoms. The molecule has 1 aliphatic carbocycles. The fourth-order valence-corrected chi connectivity index (χ4v) is 3.68. The van der Waals surface area contributed by atoms with Gasteiger partial charge < -0.3 is 15.3 Å². The minimum Gasteiger partial charge on any atom is -0.506 e. The van der Waals surface area contributed by atoms with Crippen molar-refractivity contribution in [2.24, 2.45) is 11.8 Å². The van der Waals surface area contributed by atoms with Gasteiger partial charge >= 0.3 is 0 Å². The number of aromatic nitrogens is 1. The minimum absolute atomic E-state index is 0.0401. The summed E-state index contributed by atoms with van der Waals surface area (Å²) < 4.78 is 0. The van der Waals surface area contributed by atoms with Gasteiger partial charge in [0, 0.05) is 19.6 Å². The van der Waals surface area contributed by atoms with Crippen LogP contribution in [0.2, 0.25) is 0 Å². The lowest BCUT2D eigenvalue weighted by molar-refractivity contribution is 0.118. The highest BCUT2D eigenvalue weighted by Crippen LogP contribution is 2.38. The van der Waals surface area contributed by atoms with Gasteiger partial charge in [-0.3, -0.25) is 9.88 Å². The second-order valence-corrected chi connectivity index (χ2v) is 7.28. The van der Waals surface area contributed by atoms with Gasteiger partial charge in [-0.05, 0) is 42.9 Å². The molecule has 1 saturated heterocycles. The van der Waals surface area contributed by atoms with Gasteiger partial charge in [0.25, 0.3) is 0 Å². The zero-order valence-corrected chi connectivity index (χ0v) is 15.6. The molecule has 3 N–H and O–H groups in total. The lowest BCUT2D eigenvalue weighted by Crippen LogP contribution is -2.27. The zero-order chi connectivity index (χ0) is 19.1. The van der Waals surface area contributed by atoms with Crippen molar-refractivity contribution in [2.45, 2.75) is 25.4 Å². The molecule has 0 amide bonds. The topological polar surface area (TPSA) is 76.8 Å². The van der Waals surface area contributed by atoms with Crippen molar-refractivity contribution in [3.05, 3.63) is 60.1 Å². The summed E-state index contributed by atoms with van der Waals surface area (Å²) in [5, 5.41) is 28.1. The molecule has 1 unspecified atom stereocenters. The first-order chi connectivity index (χ1) is 12.4. The molecule has 0 aromatic carbocycles. The molecular weight excluding hydrogens is 352 g/mol. The summed E-state index contributed by atoms with van der Waals surface area (Å²) in [5.74, 6) is 1.80. The van der Waals surface area contributed by atoms with Gasteiger partial charge in [0.1, 0.15) is 17.6 Å². The SMILES string of the molecule is C=C/C=C(/O)C(=C)Cl.Oc1ccc(C(O)CN2C[C@H]3CCC[C@H]3C2)nc1. The number of hydrogen-bond donors (Lipinski definition) is 3. The van der Waals surface area contributed by atoms with Gasteiger partial charge in [-0.25, -0.2) is 0 Å². The Balaban J connectivity index is 0.000000260. The summed E-state index contributed by atoms with van der Waals surface area (Å²) in [6.07, 6.45) is 7.73. The van der Waals surface area contributed by atoms with E-state index in [-0.39, 0.29) is 16.5 Å². The number of pyridine rings is 1. The molecule has 5 nitrogen and oxygen atoms in total. The molecule has 1 aromatic rings. The van der Waals surface area contributed by atoms with Crippen LogP contribution in [0.3, 0.4) is 0 Å². The molecule has 0 bridgehead atoms. The van der Waals surface area contributed by atoms with Crippen molar-refractivity contribution in [1.82, 2.24) is 9.88 Å². The number of aromatic hydroxyl groups is 1. The van der Waals surface area contributed by atoms with Crippen molar-refractivity contribution in [3.8, 4) is 5.75 Å². The number of nitrogens with zero attached hydrogens (tertiary/aromatic N) is 2. The average molecular weight is 379 g/mol. The van der Waals surface area contributed by atoms with Crippen LogP contribution in [0, 0.1) is 11.8 Å². The fourth-order valence-electron chi connectivity index (χ4n) is 3.62. The summed E-state index contributed by atoms with van der Waals surface area (Å²) in [7, 11) is 0. The predicted octanol–water partition coefficient (Wildman–Crippen LogP) is 3.92. The van der Waals surface area contributed by atoms with Crippen LogP contribution in [-0.2, 0) is 0 Å². The molecular formula is C20H27ClN2O3. The molecule has 2 fully saturated rings. The zero-order valence-electron chi connectivity index (χ0n) is 14.9. The van der Waals surface area contributed by atoms with E-state index < -0.39 is 6.10 Å². The van der Waals surface area contributed by atoms with Crippen molar-refractivity contribution < 1.29 is 15.3 Å². The van der Waals surface area contributed by atoms with Crippen LogP contribution in [0.15, 0.2) is 54.4 Å². The number of likely N-dealkylation sites (tertiary alicyclic amines) is 1. The van der Waals surface area contributed by atoms with Gasteiger partial charge in [0.2, 0.25) is 0 Å². The Bertz CT molecular complexity index is 633. The molecule has 26 heavy (non-hydrogen) atoms. The second-order valence-electron chi connectivity index (χ2n) is 6.82. The Morgan fingerprint density at radius 1 is 1.35 bits per heavy atom. The van der Waals surface area contributed by atoms with E-state index in [4.69, 9.17) is 16.7 Å². The predicted molar refractivity (Wildman–Crippen MR) is 104 cm³/mol. The van der Waals surface area contributed by atoms with E-state index in [2.05, 4.69) is 23.0 Å². The van der Waals surface area contributed by atoms with Crippen molar-refractivity contribution in [2.75, 3.05) is 19.6 Å². The van der Waals surface area contributed by atoms with E-state index in [9.17, 15) is 10.2 Å². The molecule has 0 spiro atoms. The van der Waals surface area contributed by atoms with Crippen LogP contribution < -0.4 is 0 Å². The summed E-state index contributed by atoms with van der Waals surface area (Å²) in [6, 6.07) is 3.27. The number of hydrogen-bond acceptors (Lipinski definition) is 5. The highest BCUT2D eigenvalue weighted by molar-refractivity contribution is 6.31. The molecule has 142 valence electrons. The first kappa shape index (κ1) is 20.5. The monoisotopic (exact) mass is 378 g/mol. The number of rotatable bonds is 5. The third-order valence-corrected chi connectivity index (χ3v) is 5.09. The summed E-state index contributed by atoms with van der Waals surface area (Å²) in [6.45, 7) is 9.53. The standard InChI is InChI=1S/C14H20N2O2.C6H7ClO/c17-12-4-5-13(15-6-12)14(18)9-16-7-10-2-1-3-11(10)8-16;1-3-4-6(8)5(2)7/h4-6,10-11,14,17-18H,1-3,7-9H2;3-4,8H,1-2H2/b;6-4+/t10-,11+,14?;. The molecule has 2 aliphatic rings. The van der Waals surface area contributed by atoms with Crippen LogP contribution in [-0.4, -0.2) is 44.8 Å². The lowest BCUT2D eigenvalue weighted by atomic mass is 10.0. The van der Waals surface area contributed by atoms with Crippen LogP contribution in [0.5, 0.6) is 5.75 Å². The highest BCUT2D eigenvalue weighted by atomic mass is 35.5. The Morgan fingerprint density at radius 2 is 2.00 bits per heavy atom. The van der Waals surface area contributed by atoms with Gasteiger partial charge in [-0.1, -0.05) is 37.3 Å². The Labute approximate surface area is 159 Å².